The summed E-state index contributed by atoms with van der Waals surface area (Å²) in [6.07, 6.45) is 4.38. The van der Waals surface area contributed by atoms with E-state index in [1.54, 1.807) is 0 Å². The van der Waals surface area contributed by atoms with Crippen LogP contribution in [0, 0.1) is 6.92 Å². The molecule has 0 aliphatic carbocycles. The maximum Gasteiger partial charge on any atom is 0.0445 e. The SMILES string of the molecule is CCCN(CCC)c1cc(C)ncc1CNC(C)C. The van der Waals surface area contributed by atoms with Crippen LogP contribution in [-0.4, -0.2) is 24.1 Å². The summed E-state index contributed by atoms with van der Waals surface area (Å²) in [5.74, 6) is 0. The number of nitrogens with one attached hydrogen (secondary N) is 1. The van der Waals surface area contributed by atoms with Crippen molar-refractivity contribution in [2.45, 2.75) is 60.0 Å². The lowest BCUT2D eigenvalue weighted by Crippen LogP contribution is -2.28. The molecule has 1 aromatic rings. The Hall–Kier alpha value is -1.09. The summed E-state index contributed by atoms with van der Waals surface area (Å²) in [7, 11) is 0. The highest BCUT2D eigenvalue weighted by Gasteiger charge is 2.11. The van der Waals surface area contributed by atoms with Crippen molar-refractivity contribution in [2.75, 3.05) is 18.0 Å². The van der Waals surface area contributed by atoms with Crippen molar-refractivity contribution in [3.05, 3.63) is 23.5 Å². The quantitative estimate of drug-likeness (QED) is 0.778. The molecule has 108 valence electrons. The Morgan fingerprint density at radius 3 is 2.37 bits per heavy atom. The van der Waals surface area contributed by atoms with Crippen molar-refractivity contribution in [2.24, 2.45) is 0 Å². The van der Waals surface area contributed by atoms with Crippen molar-refractivity contribution in [1.82, 2.24) is 10.3 Å². The van der Waals surface area contributed by atoms with Crippen LogP contribution in [0.25, 0.3) is 0 Å². The van der Waals surface area contributed by atoms with Crippen LogP contribution in [0.4, 0.5) is 5.69 Å². The van der Waals surface area contributed by atoms with Gasteiger partial charge in [0.1, 0.15) is 0 Å². The molecule has 3 heteroatoms. The van der Waals surface area contributed by atoms with Crippen LogP contribution in [0.5, 0.6) is 0 Å². The Balaban J connectivity index is 2.95. The highest BCUT2D eigenvalue weighted by molar-refractivity contribution is 5.53. The summed E-state index contributed by atoms with van der Waals surface area (Å²) < 4.78 is 0. The smallest absolute Gasteiger partial charge is 0.0445 e. The lowest BCUT2D eigenvalue weighted by Gasteiger charge is -2.27. The molecular weight excluding hydrogens is 234 g/mol. The molecule has 1 heterocycles. The average molecular weight is 263 g/mol. The van der Waals surface area contributed by atoms with Crippen LogP contribution in [0.2, 0.25) is 0 Å². The molecule has 0 unspecified atom stereocenters. The van der Waals surface area contributed by atoms with E-state index in [4.69, 9.17) is 0 Å². The van der Waals surface area contributed by atoms with E-state index in [-0.39, 0.29) is 0 Å². The van der Waals surface area contributed by atoms with E-state index in [2.05, 4.69) is 55.9 Å². The molecule has 3 nitrogen and oxygen atoms in total. The Kier molecular flexibility index (Phi) is 6.85. The summed E-state index contributed by atoms with van der Waals surface area (Å²) in [4.78, 5) is 6.95. The second-order valence-corrected chi connectivity index (χ2v) is 5.48. The van der Waals surface area contributed by atoms with Crippen LogP contribution in [0.1, 0.15) is 51.8 Å². The summed E-state index contributed by atoms with van der Waals surface area (Å²) in [6, 6.07) is 2.72. The van der Waals surface area contributed by atoms with Crippen molar-refractivity contribution in [3.63, 3.8) is 0 Å². The van der Waals surface area contributed by atoms with E-state index >= 15 is 0 Å². The van der Waals surface area contributed by atoms with E-state index in [1.807, 2.05) is 6.20 Å². The third-order valence-corrected chi connectivity index (χ3v) is 3.13. The minimum absolute atomic E-state index is 0.500. The summed E-state index contributed by atoms with van der Waals surface area (Å²) in [6.45, 7) is 14.0. The molecule has 0 spiro atoms. The van der Waals surface area contributed by atoms with Gasteiger partial charge in [-0.15, -0.1) is 0 Å². The van der Waals surface area contributed by atoms with E-state index < -0.39 is 0 Å². The van der Waals surface area contributed by atoms with Gasteiger partial charge in [-0.25, -0.2) is 0 Å². The zero-order chi connectivity index (χ0) is 14.3. The lowest BCUT2D eigenvalue weighted by molar-refractivity contribution is 0.586. The Labute approximate surface area is 118 Å². The zero-order valence-electron chi connectivity index (χ0n) is 13.2. The molecule has 1 rings (SSSR count). The van der Waals surface area contributed by atoms with Gasteiger partial charge in [0.15, 0.2) is 0 Å². The zero-order valence-corrected chi connectivity index (χ0v) is 13.2. The number of pyridine rings is 1. The maximum atomic E-state index is 4.45. The fraction of sp³-hybridized carbons (Fsp3) is 0.688. The van der Waals surface area contributed by atoms with Crippen molar-refractivity contribution in [3.8, 4) is 0 Å². The Bertz CT molecular complexity index is 368. The van der Waals surface area contributed by atoms with E-state index in [9.17, 15) is 0 Å². The first kappa shape index (κ1) is 16.0. The molecule has 0 aromatic carbocycles. The van der Waals surface area contributed by atoms with Crippen molar-refractivity contribution < 1.29 is 0 Å². The number of hydrogen-bond acceptors (Lipinski definition) is 3. The number of aryl methyl sites for hydroxylation is 1. The van der Waals surface area contributed by atoms with Gasteiger partial charge >= 0.3 is 0 Å². The largest absolute Gasteiger partial charge is 0.371 e. The molecule has 0 saturated heterocycles. The molecule has 0 aliphatic rings. The van der Waals surface area contributed by atoms with E-state index in [0.29, 0.717) is 6.04 Å². The molecule has 0 saturated carbocycles. The summed E-state index contributed by atoms with van der Waals surface area (Å²) >= 11 is 0. The lowest BCUT2D eigenvalue weighted by atomic mass is 10.1. The predicted octanol–water partition coefficient (Wildman–Crippen LogP) is 3.51. The molecule has 0 radical (unpaired) electrons. The van der Waals surface area contributed by atoms with Crippen LogP contribution < -0.4 is 10.2 Å². The van der Waals surface area contributed by atoms with Gasteiger partial charge in [-0.1, -0.05) is 27.7 Å². The minimum Gasteiger partial charge on any atom is -0.371 e. The molecule has 19 heavy (non-hydrogen) atoms. The predicted molar refractivity (Wildman–Crippen MR) is 83.7 cm³/mol. The van der Waals surface area contributed by atoms with Gasteiger partial charge < -0.3 is 10.2 Å². The topological polar surface area (TPSA) is 28.2 Å². The molecule has 1 aromatic heterocycles. The number of aromatic nitrogens is 1. The number of rotatable bonds is 8. The highest BCUT2D eigenvalue weighted by Crippen LogP contribution is 2.21. The summed E-state index contributed by atoms with van der Waals surface area (Å²) in [5, 5.41) is 3.49. The Morgan fingerprint density at radius 2 is 1.84 bits per heavy atom. The van der Waals surface area contributed by atoms with Gasteiger partial charge in [0, 0.05) is 48.8 Å². The molecule has 1 N–H and O–H groups in total. The normalized spacial score (nSPS) is 11.1. The van der Waals surface area contributed by atoms with Gasteiger partial charge in [-0.3, -0.25) is 4.98 Å². The third kappa shape index (κ3) is 5.19. The molecule has 0 bridgehead atoms. The minimum atomic E-state index is 0.500. The summed E-state index contributed by atoms with van der Waals surface area (Å²) in [5.41, 5.74) is 3.76. The third-order valence-electron chi connectivity index (χ3n) is 3.13. The van der Waals surface area contributed by atoms with Gasteiger partial charge in [-0.05, 0) is 25.8 Å². The second kappa shape index (κ2) is 8.16. The monoisotopic (exact) mass is 263 g/mol. The van der Waals surface area contributed by atoms with E-state index in [1.165, 1.54) is 24.1 Å². The Morgan fingerprint density at radius 1 is 1.21 bits per heavy atom. The first-order valence-electron chi connectivity index (χ1n) is 7.52. The van der Waals surface area contributed by atoms with Crippen LogP contribution >= 0.6 is 0 Å². The van der Waals surface area contributed by atoms with Gasteiger partial charge in [0.25, 0.3) is 0 Å². The van der Waals surface area contributed by atoms with Gasteiger partial charge in [0.05, 0.1) is 0 Å². The number of hydrogen-bond donors (Lipinski definition) is 1. The number of nitrogens with zero attached hydrogens (tertiary/aromatic N) is 2. The fourth-order valence-corrected chi connectivity index (χ4v) is 2.21. The van der Waals surface area contributed by atoms with Crippen LogP contribution in [-0.2, 0) is 6.54 Å². The highest BCUT2D eigenvalue weighted by atomic mass is 15.1. The van der Waals surface area contributed by atoms with Crippen molar-refractivity contribution in [1.29, 1.82) is 0 Å². The number of anilines is 1. The van der Waals surface area contributed by atoms with Gasteiger partial charge in [0.2, 0.25) is 0 Å². The molecular formula is C16H29N3. The van der Waals surface area contributed by atoms with Crippen LogP contribution in [0.3, 0.4) is 0 Å². The maximum absolute atomic E-state index is 4.45. The molecule has 0 amide bonds. The van der Waals surface area contributed by atoms with E-state index in [0.717, 1.165) is 25.3 Å². The fourth-order valence-electron chi connectivity index (χ4n) is 2.21. The average Bonchev–Trinajstić information content (AvgIpc) is 2.37. The molecule has 0 atom stereocenters. The molecule has 0 fully saturated rings. The standard InChI is InChI=1S/C16H29N3/c1-6-8-19(9-7-2)16-10-14(5)18-12-15(16)11-17-13(3)4/h10,12-13,17H,6-9,11H2,1-5H3. The van der Waals surface area contributed by atoms with Gasteiger partial charge in [-0.2, -0.15) is 0 Å². The van der Waals surface area contributed by atoms with Crippen molar-refractivity contribution >= 4 is 5.69 Å². The first-order valence-corrected chi connectivity index (χ1v) is 7.52. The van der Waals surface area contributed by atoms with Crippen LogP contribution in [0.15, 0.2) is 12.3 Å². The second-order valence-electron chi connectivity index (χ2n) is 5.48. The molecule has 0 aliphatic heterocycles. The first-order chi connectivity index (χ1) is 9.08.